The summed E-state index contributed by atoms with van der Waals surface area (Å²) in [7, 11) is 0. The van der Waals surface area contributed by atoms with Crippen molar-refractivity contribution in [1.29, 1.82) is 5.26 Å². The van der Waals surface area contributed by atoms with Crippen LogP contribution in [0, 0.1) is 14.9 Å². The fourth-order valence-corrected chi connectivity index (χ4v) is 2.13. The van der Waals surface area contributed by atoms with Crippen LogP contribution in [0.3, 0.4) is 0 Å². The van der Waals surface area contributed by atoms with Crippen LogP contribution in [0.25, 0.3) is 0 Å². The summed E-state index contributed by atoms with van der Waals surface area (Å²) in [6.07, 6.45) is 0. The molecule has 0 atom stereocenters. The van der Waals surface area contributed by atoms with E-state index in [-0.39, 0.29) is 11.1 Å². The number of benzene rings is 2. The normalized spacial score (nSPS) is 9.85. The molecule has 0 bridgehead atoms. The summed E-state index contributed by atoms with van der Waals surface area (Å²) in [5.41, 5.74) is 0.405. The fourth-order valence-electron chi connectivity index (χ4n) is 1.51. The van der Waals surface area contributed by atoms with E-state index >= 15 is 0 Å². The number of rotatable bonds is 3. The number of carboxylic acids is 1. The van der Waals surface area contributed by atoms with E-state index in [4.69, 9.17) is 26.7 Å². The Balaban J connectivity index is 2.42. The first-order valence-corrected chi connectivity index (χ1v) is 6.87. The molecule has 2 aromatic carbocycles. The van der Waals surface area contributed by atoms with Gasteiger partial charge in [0.25, 0.3) is 0 Å². The van der Waals surface area contributed by atoms with Crippen LogP contribution in [0.15, 0.2) is 36.4 Å². The van der Waals surface area contributed by atoms with Crippen molar-refractivity contribution >= 4 is 40.2 Å². The number of hydrogen-bond acceptors (Lipinski definition) is 3. The number of carboxylic acid groups (broad SMARTS) is 1. The number of hydrogen-bond donors (Lipinski definition) is 1. The topological polar surface area (TPSA) is 70.3 Å². The third-order valence-electron chi connectivity index (χ3n) is 2.46. The van der Waals surface area contributed by atoms with Gasteiger partial charge in [0.2, 0.25) is 0 Å². The molecular formula is C14H7ClINO3. The maximum Gasteiger partial charge on any atom is 0.335 e. The second-order valence-corrected chi connectivity index (χ2v) is 5.40. The first-order valence-electron chi connectivity index (χ1n) is 5.41. The van der Waals surface area contributed by atoms with Crippen molar-refractivity contribution in [2.45, 2.75) is 0 Å². The molecule has 0 spiro atoms. The lowest BCUT2D eigenvalue weighted by molar-refractivity contribution is 0.0696. The van der Waals surface area contributed by atoms with E-state index in [9.17, 15) is 4.79 Å². The first kappa shape index (κ1) is 14.6. The van der Waals surface area contributed by atoms with Gasteiger partial charge in [-0.1, -0.05) is 11.6 Å². The van der Waals surface area contributed by atoms with Crippen LogP contribution in [0.5, 0.6) is 11.5 Å². The second-order valence-electron chi connectivity index (χ2n) is 3.80. The Bertz CT molecular complexity index is 725. The van der Waals surface area contributed by atoms with Gasteiger partial charge in [-0.05, 0) is 59.0 Å². The molecule has 0 heterocycles. The molecule has 0 amide bonds. The lowest BCUT2D eigenvalue weighted by Gasteiger charge is -2.10. The van der Waals surface area contributed by atoms with Crippen molar-refractivity contribution in [3.63, 3.8) is 0 Å². The molecule has 0 fully saturated rings. The van der Waals surface area contributed by atoms with Gasteiger partial charge >= 0.3 is 5.97 Å². The maximum absolute atomic E-state index is 11.0. The van der Waals surface area contributed by atoms with E-state index in [0.717, 1.165) is 3.57 Å². The van der Waals surface area contributed by atoms with Crippen molar-refractivity contribution in [3.8, 4) is 17.6 Å². The van der Waals surface area contributed by atoms with Crippen LogP contribution >= 0.6 is 34.2 Å². The van der Waals surface area contributed by atoms with Crippen molar-refractivity contribution in [3.05, 3.63) is 56.1 Å². The molecule has 2 rings (SSSR count). The van der Waals surface area contributed by atoms with Gasteiger partial charge in [-0.3, -0.25) is 0 Å². The average Bonchev–Trinajstić information content (AvgIpc) is 2.42. The summed E-state index contributed by atoms with van der Waals surface area (Å²) in [6, 6.07) is 11.2. The maximum atomic E-state index is 11.0. The Hall–Kier alpha value is -1.78. The number of ether oxygens (including phenoxy) is 1. The smallest absolute Gasteiger partial charge is 0.335 e. The molecular weight excluding hydrogens is 393 g/mol. The second kappa shape index (κ2) is 6.11. The minimum Gasteiger partial charge on any atom is -0.478 e. The monoisotopic (exact) mass is 399 g/mol. The molecule has 2 aromatic rings. The summed E-state index contributed by atoms with van der Waals surface area (Å²) in [6.45, 7) is 0. The van der Waals surface area contributed by atoms with E-state index in [2.05, 4.69) is 0 Å². The molecule has 20 heavy (non-hydrogen) atoms. The highest BCUT2D eigenvalue weighted by atomic mass is 127. The number of nitriles is 1. The Morgan fingerprint density at radius 3 is 2.65 bits per heavy atom. The van der Waals surface area contributed by atoms with Gasteiger partial charge in [0.15, 0.2) is 0 Å². The molecule has 0 aliphatic rings. The highest BCUT2D eigenvalue weighted by Crippen LogP contribution is 2.31. The molecule has 0 aliphatic carbocycles. The molecule has 0 radical (unpaired) electrons. The van der Waals surface area contributed by atoms with E-state index in [1.807, 2.05) is 28.7 Å². The average molecular weight is 400 g/mol. The Kier molecular flexibility index (Phi) is 4.47. The molecule has 0 aromatic heterocycles. The molecule has 1 N–H and O–H groups in total. The van der Waals surface area contributed by atoms with E-state index in [1.165, 1.54) is 18.2 Å². The zero-order valence-electron chi connectivity index (χ0n) is 9.93. The third kappa shape index (κ3) is 3.21. The molecule has 4 nitrogen and oxygen atoms in total. The SMILES string of the molecule is N#Cc1cc(Cl)ccc1Oc1cc(C(=O)O)ccc1I. The van der Waals surface area contributed by atoms with Gasteiger partial charge in [0, 0.05) is 5.02 Å². The Morgan fingerprint density at radius 1 is 1.25 bits per heavy atom. The molecule has 0 saturated carbocycles. The summed E-state index contributed by atoms with van der Waals surface area (Å²) in [5.74, 6) is -0.329. The highest BCUT2D eigenvalue weighted by Gasteiger charge is 2.11. The Morgan fingerprint density at radius 2 is 2.00 bits per heavy atom. The van der Waals surface area contributed by atoms with Gasteiger partial charge in [-0.2, -0.15) is 5.26 Å². The largest absolute Gasteiger partial charge is 0.478 e. The van der Waals surface area contributed by atoms with Crippen LogP contribution in [-0.2, 0) is 0 Å². The van der Waals surface area contributed by atoms with Crippen LogP contribution in [0.4, 0.5) is 0 Å². The van der Waals surface area contributed by atoms with Crippen molar-refractivity contribution in [1.82, 2.24) is 0 Å². The molecule has 6 heteroatoms. The van der Waals surface area contributed by atoms with Crippen molar-refractivity contribution < 1.29 is 14.6 Å². The van der Waals surface area contributed by atoms with Crippen molar-refractivity contribution in [2.75, 3.05) is 0 Å². The third-order valence-corrected chi connectivity index (χ3v) is 3.59. The minimum absolute atomic E-state index is 0.118. The number of nitrogens with zero attached hydrogens (tertiary/aromatic N) is 1. The molecule has 0 aliphatic heterocycles. The van der Waals surface area contributed by atoms with E-state index < -0.39 is 5.97 Å². The summed E-state index contributed by atoms with van der Waals surface area (Å²) >= 11 is 7.84. The zero-order valence-corrected chi connectivity index (χ0v) is 12.8. The van der Waals surface area contributed by atoms with Crippen LogP contribution in [0.2, 0.25) is 5.02 Å². The standard InChI is InChI=1S/C14H7ClINO3/c15-10-2-4-12(9(5-10)7-17)20-13-6-8(14(18)19)1-3-11(13)16/h1-6H,(H,18,19). The Labute approximate surface area is 133 Å². The van der Waals surface area contributed by atoms with Crippen molar-refractivity contribution in [2.24, 2.45) is 0 Å². The number of aromatic carboxylic acids is 1. The molecule has 0 saturated heterocycles. The lowest BCUT2D eigenvalue weighted by Crippen LogP contribution is -1.98. The zero-order chi connectivity index (χ0) is 14.7. The lowest BCUT2D eigenvalue weighted by atomic mass is 10.2. The summed E-state index contributed by atoms with van der Waals surface area (Å²) < 4.78 is 6.37. The van der Waals surface area contributed by atoms with Crippen LogP contribution in [0.1, 0.15) is 15.9 Å². The predicted octanol–water partition coefficient (Wildman–Crippen LogP) is 4.31. The van der Waals surface area contributed by atoms with Crippen LogP contribution < -0.4 is 4.74 Å². The molecule has 0 unspecified atom stereocenters. The van der Waals surface area contributed by atoms with E-state index in [1.54, 1.807) is 18.2 Å². The van der Waals surface area contributed by atoms with Gasteiger partial charge in [0.05, 0.1) is 14.7 Å². The molecule has 100 valence electrons. The summed E-state index contributed by atoms with van der Waals surface area (Å²) in [4.78, 5) is 11.0. The predicted molar refractivity (Wildman–Crippen MR) is 82.4 cm³/mol. The number of halogens is 2. The van der Waals surface area contributed by atoms with Gasteiger partial charge in [-0.25, -0.2) is 4.79 Å². The van der Waals surface area contributed by atoms with Gasteiger partial charge in [0.1, 0.15) is 17.6 Å². The van der Waals surface area contributed by atoms with E-state index in [0.29, 0.717) is 16.5 Å². The first-order chi connectivity index (χ1) is 9.51. The quantitative estimate of drug-likeness (QED) is 0.781. The highest BCUT2D eigenvalue weighted by molar-refractivity contribution is 14.1. The van der Waals surface area contributed by atoms with Crippen LogP contribution in [-0.4, -0.2) is 11.1 Å². The fraction of sp³-hybridized carbons (Fsp3) is 0. The van der Waals surface area contributed by atoms with Gasteiger partial charge < -0.3 is 9.84 Å². The minimum atomic E-state index is -1.04. The van der Waals surface area contributed by atoms with Gasteiger partial charge in [-0.15, -0.1) is 0 Å². The number of carbonyl (C=O) groups is 1. The summed E-state index contributed by atoms with van der Waals surface area (Å²) in [5, 5.41) is 18.5.